The molecule has 0 heterocycles. The van der Waals surface area contributed by atoms with Crippen LogP contribution in [-0.2, 0) is 16.5 Å². The van der Waals surface area contributed by atoms with Crippen LogP contribution >= 0.6 is 0 Å². The minimum atomic E-state index is -4.05. The Kier molecular flexibility index (Phi) is 3.78. The lowest BCUT2D eigenvalue weighted by Gasteiger charge is -2.09. The van der Waals surface area contributed by atoms with Crippen LogP contribution < -0.4 is 5.73 Å². The summed E-state index contributed by atoms with van der Waals surface area (Å²) >= 11 is 0. The van der Waals surface area contributed by atoms with E-state index < -0.39 is 21.9 Å². The Balaban J connectivity index is 2.59. The number of halogens is 1. The quantitative estimate of drug-likeness (QED) is 0.745. The van der Waals surface area contributed by atoms with Crippen LogP contribution in [0.15, 0.2) is 24.3 Å². The van der Waals surface area contributed by atoms with E-state index in [-0.39, 0.29) is 12.2 Å². The van der Waals surface area contributed by atoms with Gasteiger partial charge in [0.05, 0.1) is 5.75 Å². The maximum absolute atomic E-state index is 12.5. The van der Waals surface area contributed by atoms with Gasteiger partial charge >= 0.3 is 0 Å². The van der Waals surface area contributed by atoms with Crippen molar-refractivity contribution >= 4 is 10.1 Å². The van der Waals surface area contributed by atoms with Gasteiger partial charge in [0.15, 0.2) is 0 Å². The molecule has 0 fully saturated rings. The molecule has 0 aliphatic rings. The van der Waals surface area contributed by atoms with Crippen LogP contribution in [0.25, 0.3) is 0 Å². The summed E-state index contributed by atoms with van der Waals surface area (Å²) < 4.78 is 42.1. The summed E-state index contributed by atoms with van der Waals surface area (Å²) in [5, 5.41) is 0. The fraction of sp³-hybridized carbons (Fsp3) is 0.333. The standard InChI is InChI=1S/C9H12FNO3S/c10-8-3-1-7(2-4-8)5-9(11)6-15(12,13)14/h1-4,9H,5-6,11H2,(H,12,13,14)/t9-/m0/s1. The third-order valence-corrected chi connectivity index (χ3v) is 2.69. The average Bonchev–Trinajstić information content (AvgIpc) is 2.05. The maximum atomic E-state index is 12.5. The molecule has 0 bridgehead atoms. The van der Waals surface area contributed by atoms with Gasteiger partial charge in [-0.25, -0.2) is 4.39 Å². The van der Waals surface area contributed by atoms with Crippen molar-refractivity contribution < 1.29 is 17.4 Å². The average molecular weight is 233 g/mol. The largest absolute Gasteiger partial charge is 0.326 e. The zero-order valence-electron chi connectivity index (χ0n) is 7.93. The Hall–Kier alpha value is -0.980. The molecule has 0 unspecified atom stereocenters. The van der Waals surface area contributed by atoms with Gasteiger partial charge in [0.2, 0.25) is 0 Å². The molecule has 0 radical (unpaired) electrons. The maximum Gasteiger partial charge on any atom is 0.266 e. The normalized spacial score (nSPS) is 13.8. The Morgan fingerprint density at radius 2 is 1.87 bits per heavy atom. The first-order valence-electron chi connectivity index (χ1n) is 4.32. The van der Waals surface area contributed by atoms with Gasteiger partial charge in [0.1, 0.15) is 5.82 Å². The molecule has 4 nitrogen and oxygen atoms in total. The van der Waals surface area contributed by atoms with Crippen molar-refractivity contribution in [1.82, 2.24) is 0 Å². The molecule has 0 aliphatic heterocycles. The fourth-order valence-electron chi connectivity index (χ4n) is 1.25. The van der Waals surface area contributed by atoms with Crippen molar-refractivity contribution in [1.29, 1.82) is 0 Å². The van der Waals surface area contributed by atoms with Crippen molar-refractivity contribution in [3.8, 4) is 0 Å². The molecular formula is C9H12FNO3S. The molecule has 0 amide bonds. The topological polar surface area (TPSA) is 80.4 Å². The lowest BCUT2D eigenvalue weighted by atomic mass is 10.1. The summed E-state index contributed by atoms with van der Waals surface area (Å²) in [6, 6.07) is 4.91. The van der Waals surface area contributed by atoms with E-state index in [2.05, 4.69) is 0 Å². The molecule has 1 rings (SSSR count). The third kappa shape index (κ3) is 4.87. The highest BCUT2D eigenvalue weighted by atomic mass is 32.2. The van der Waals surface area contributed by atoms with Crippen molar-refractivity contribution in [2.45, 2.75) is 12.5 Å². The lowest BCUT2D eigenvalue weighted by molar-refractivity contribution is 0.476. The number of nitrogens with two attached hydrogens (primary N) is 1. The van der Waals surface area contributed by atoms with E-state index in [0.717, 1.165) is 5.56 Å². The van der Waals surface area contributed by atoms with E-state index in [1.165, 1.54) is 24.3 Å². The van der Waals surface area contributed by atoms with E-state index in [9.17, 15) is 12.8 Å². The molecule has 6 heteroatoms. The van der Waals surface area contributed by atoms with E-state index >= 15 is 0 Å². The van der Waals surface area contributed by atoms with Gasteiger partial charge in [-0.2, -0.15) is 8.42 Å². The molecule has 84 valence electrons. The molecule has 0 saturated carbocycles. The van der Waals surface area contributed by atoms with Crippen LogP contribution in [0.5, 0.6) is 0 Å². The zero-order chi connectivity index (χ0) is 11.5. The van der Waals surface area contributed by atoms with E-state index in [0.29, 0.717) is 0 Å². The number of rotatable bonds is 4. The van der Waals surface area contributed by atoms with Gasteiger partial charge in [0, 0.05) is 6.04 Å². The summed E-state index contributed by atoms with van der Waals surface area (Å²) in [7, 11) is -4.05. The van der Waals surface area contributed by atoms with Crippen LogP contribution in [0.2, 0.25) is 0 Å². The van der Waals surface area contributed by atoms with Crippen molar-refractivity contribution in [2.75, 3.05) is 5.75 Å². The number of hydrogen-bond acceptors (Lipinski definition) is 3. The highest BCUT2D eigenvalue weighted by molar-refractivity contribution is 7.85. The molecular weight excluding hydrogens is 221 g/mol. The van der Waals surface area contributed by atoms with Crippen molar-refractivity contribution in [3.05, 3.63) is 35.6 Å². The van der Waals surface area contributed by atoms with Gasteiger partial charge in [0.25, 0.3) is 10.1 Å². The van der Waals surface area contributed by atoms with Gasteiger partial charge in [-0.3, -0.25) is 4.55 Å². The van der Waals surface area contributed by atoms with Gasteiger partial charge in [-0.15, -0.1) is 0 Å². The monoisotopic (exact) mass is 233 g/mol. The second-order valence-corrected chi connectivity index (χ2v) is 4.84. The molecule has 1 atom stereocenters. The van der Waals surface area contributed by atoms with E-state index in [4.69, 9.17) is 10.3 Å². The van der Waals surface area contributed by atoms with E-state index in [1.54, 1.807) is 0 Å². The summed E-state index contributed by atoms with van der Waals surface area (Å²) in [6.45, 7) is 0. The van der Waals surface area contributed by atoms with Gasteiger partial charge in [-0.1, -0.05) is 12.1 Å². The SMILES string of the molecule is N[C@@H](Cc1ccc(F)cc1)CS(=O)(=O)O. The minimum Gasteiger partial charge on any atom is -0.326 e. The lowest BCUT2D eigenvalue weighted by Crippen LogP contribution is -2.31. The molecule has 1 aromatic carbocycles. The van der Waals surface area contributed by atoms with Gasteiger partial charge in [-0.05, 0) is 24.1 Å². The minimum absolute atomic E-state index is 0.278. The van der Waals surface area contributed by atoms with Crippen LogP contribution in [0.4, 0.5) is 4.39 Å². The highest BCUT2D eigenvalue weighted by Crippen LogP contribution is 2.05. The molecule has 3 N–H and O–H groups in total. The summed E-state index contributed by atoms with van der Waals surface area (Å²) in [5.41, 5.74) is 6.23. The fourth-order valence-corrected chi connectivity index (χ4v) is 1.91. The molecule has 0 saturated heterocycles. The van der Waals surface area contributed by atoms with Crippen LogP contribution in [0, 0.1) is 5.82 Å². The molecule has 15 heavy (non-hydrogen) atoms. The van der Waals surface area contributed by atoms with Crippen molar-refractivity contribution in [2.24, 2.45) is 5.73 Å². The first-order valence-corrected chi connectivity index (χ1v) is 5.93. The third-order valence-electron chi connectivity index (χ3n) is 1.84. The van der Waals surface area contributed by atoms with Crippen LogP contribution in [-0.4, -0.2) is 24.8 Å². The zero-order valence-corrected chi connectivity index (χ0v) is 8.74. The number of benzene rings is 1. The molecule has 0 aromatic heterocycles. The first-order chi connectivity index (χ1) is 6.87. The molecule has 0 aliphatic carbocycles. The van der Waals surface area contributed by atoms with Crippen LogP contribution in [0.3, 0.4) is 0 Å². The highest BCUT2D eigenvalue weighted by Gasteiger charge is 2.13. The second-order valence-electron chi connectivity index (χ2n) is 3.34. The Bertz CT molecular complexity index is 415. The second kappa shape index (κ2) is 4.69. The smallest absolute Gasteiger partial charge is 0.266 e. The Morgan fingerprint density at radius 1 is 1.33 bits per heavy atom. The van der Waals surface area contributed by atoms with Crippen LogP contribution in [0.1, 0.15) is 5.56 Å². The number of hydrogen-bond donors (Lipinski definition) is 2. The summed E-state index contributed by atoms with van der Waals surface area (Å²) in [4.78, 5) is 0. The Morgan fingerprint density at radius 3 is 2.33 bits per heavy atom. The van der Waals surface area contributed by atoms with Crippen molar-refractivity contribution in [3.63, 3.8) is 0 Å². The predicted octanol–water partition coefficient (Wildman–Crippen LogP) is 0.583. The molecule has 0 spiro atoms. The Labute approximate surface area is 87.7 Å². The van der Waals surface area contributed by atoms with Gasteiger partial charge < -0.3 is 5.73 Å². The van der Waals surface area contributed by atoms with E-state index in [1.807, 2.05) is 0 Å². The molecule has 1 aromatic rings. The predicted molar refractivity (Wildman–Crippen MR) is 54.5 cm³/mol. The summed E-state index contributed by atoms with van der Waals surface area (Å²) in [5.74, 6) is -0.855. The first kappa shape index (κ1) is 12.1. The summed E-state index contributed by atoms with van der Waals surface area (Å²) in [6.07, 6.45) is 0.278.